The van der Waals surface area contributed by atoms with E-state index in [-0.39, 0.29) is 0 Å². The molecule has 0 aliphatic carbocycles. The quantitative estimate of drug-likeness (QED) is 0.503. The molecule has 0 saturated carbocycles. The van der Waals surface area contributed by atoms with Crippen molar-refractivity contribution in [2.45, 2.75) is 4.11 Å². The monoisotopic (exact) mass is 246 g/mol. The summed E-state index contributed by atoms with van der Waals surface area (Å²) in [4.78, 5) is 0. The molecule has 0 amide bonds. The number of halogens is 1. The van der Waals surface area contributed by atoms with E-state index in [0.717, 1.165) is 0 Å². The molecule has 0 aromatic heterocycles. The summed E-state index contributed by atoms with van der Waals surface area (Å²) in [7, 11) is 0. The van der Waals surface area contributed by atoms with E-state index in [1.54, 1.807) is 3.57 Å². The van der Waals surface area contributed by atoms with E-state index in [1.165, 1.54) is 10.2 Å². The topological polar surface area (TPSA) is 9.23 Å². The van der Waals surface area contributed by atoms with Gasteiger partial charge in [-0.05, 0) is 0 Å². The van der Waals surface area contributed by atoms with Crippen LogP contribution in [0.4, 0.5) is 0 Å². The molecule has 1 atom stereocenters. The predicted octanol–water partition coefficient (Wildman–Crippen LogP) is 2.09. The SMILES string of the molecule is c1ccc2c(c1)OC1CI21. The van der Waals surface area contributed by atoms with Gasteiger partial charge in [0.2, 0.25) is 0 Å². The Kier molecular flexibility index (Phi) is 0.902. The van der Waals surface area contributed by atoms with Crippen molar-refractivity contribution in [1.82, 2.24) is 0 Å². The molecule has 0 spiro atoms. The van der Waals surface area contributed by atoms with Gasteiger partial charge in [-0.1, -0.05) is 0 Å². The molecular weight excluding hydrogens is 239 g/mol. The number of benzene rings is 1. The molecule has 2 heteroatoms. The van der Waals surface area contributed by atoms with Crippen LogP contribution in [-0.4, -0.2) is 8.54 Å². The zero-order valence-corrected chi connectivity index (χ0v) is 7.54. The zero-order valence-electron chi connectivity index (χ0n) is 5.38. The number of hydrogen-bond donors (Lipinski definition) is 0. The summed E-state index contributed by atoms with van der Waals surface area (Å²) in [5.41, 5.74) is 0. The molecule has 2 aliphatic heterocycles. The van der Waals surface area contributed by atoms with Gasteiger partial charge in [0.1, 0.15) is 0 Å². The van der Waals surface area contributed by atoms with Gasteiger partial charge in [-0.3, -0.25) is 0 Å². The minimum atomic E-state index is -0.662. The Hall–Kier alpha value is -0.250. The number of hydrogen-bond acceptors (Lipinski definition) is 1. The molecule has 1 unspecified atom stereocenters. The fraction of sp³-hybridized carbons (Fsp3) is 0.250. The molecule has 3 rings (SSSR count). The minimum absolute atomic E-state index is 0.662. The Labute approximate surface area is 66.8 Å². The van der Waals surface area contributed by atoms with Crippen LogP contribution < -0.4 is 4.74 Å². The fourth-order valence-electron chi connectivity index (χ4n) is 1.28. The van der Waals surface area contributed by atoms with Crippen LogP contribution >= 0.6 is 19.8 Å². The van der Waals surface area contributed by atoms with Gasteiger partial charge in [-0.2, -0.15) is 0 Å². The molecule has 2 aliphatic rings. The van der Waals surface area contributed by atoms with Crippen molar-refractivity contribution in [2.75, 3.05) is 4.43 Å². The Morgan fingerprint density at radius 1 is 1.40 bits per heavy atom. The third-order valence-electron chi connectivity index (χ3n) is 1.83. The van der Waals surface area contributed by atoms with E-state index in [1.807, 2.05) is 0 Å². The molecule has 2 heterocycles. The van der Waals surface area contributed by atoms with Crippen molar-refractivity contribution in [3.8, 4) is 5.75 Å². The van der Waals surface area contributed by atoms with E-state index in [0.29, 0.717) is 4.11 Å². The summed E-state index contributed by atoms with van der Waals surface area (Å²) in [6.45, 7) is 0. The van der Waals surface area contributed by atoms with Crippen molar-refractivity contribution >= 4 is 19.8 Å². The Morgan fingerprint density at radius 3 is 3.20 bits per heavy atom. The number of para-hydroxylation sites is 1. The molecule has 1 saturated heterocycles. The average Bonchev–Trinajstić information content (AvgIpc) is 2.64. The van der Waals surface area contributed by atoms with E-state index < -0.39 is 19.8 Å². The fourth-order valence-corrected chi connectivity index (χ4v) is 6.59. The number of fused-ring (bicyclic) bond motifs is 3. The summed E-state index contributed by atoms with van der Waals surface area (Å²) in [5.74, 6) is 1.18. The van der Waals surface area contributed by atoms with E-state index >= 15 is 0 Å². The zero-order chi connectivity index (χ0) is 6.55. The molecule has 1 aromatic rings. The Morgan fingerprint density at radius 2 is 2.30 bits per heavy atom. The van der Waals surface area contributed by atoms with Crippen LogP contribution in [0.1, 0.15) is 0 Å². The van der Waals surface area contributed by atoms with Crippen LogP contribution in [0.2, 0.25) is 0 Å². The van der Waals surface area contributed by atoms with Gasteiger partial charge in [-0.25, -0.2) is 0 Å². The molecule has 10 heavy (non-hydrogen) atoms. The van der Waals surface area contributed by atoms with Crippen molar-refractivity contribution in [3.63, 3.8) is 0 Å². The van der Waals surface area contributed by atoms with Crippen molar-refractivity contribution in [2.24, 2.45) is 0 Å². The van der Waals surface area contributed by atoms with Gasteiger partial charge >= 0.3 is 66.7 Å². The summed E-state index contributed by atoms with van der Waals surface area (Å²) >= 11 is -0.662. The van der Waals surface area contributed by atoms with E-state index in [9.17, 15) is 0 Å². The second-order valence-corrected chi connectivity index (χ2v) is 8.21. The first-order valence-corrected chi connectivity index (χ1v) is 7.20. The van der Waals surface area contributed by atoms with Gasteiger partial charge in [0.05, 0.1) is 0 Å². The molecule has 0 bridgehead atoms. The Bertz CT molecular complexity index is 284. The van der Waals surface area contributed by atoms with Crippen molar-refractivity contribution in [1.29, 1.82) is 0 Å². The average molecular weight is 246 g/mol. The third kappa shape index (κ3) is 0.576. The molecule has 1 fully saturated rings. The Balaban J connectivity index is 2.22. The first-order chi connectivity index (χ1) is 4.95. The van der Waals surface area contributed by atoms with Gasteiger partial charge in [0, 0.05) is 0 Å². The van der Waals surface area contributed by atoms with Crippen molar-refractivity contribution < 1.29 is 4.74 Å². The van der Waals surface area contributed by atoms with Crippen LogP contribution in [0, 0.1) is 3.57 Å². The van der Waals surface area contributed by atoms with Crippen LogP contribution in [0.25, 0.3) is 0 Å². The predicted molar refractivity (Wildman–Crippen MR) is 48.4 cm³/mol. The second-order valence-electron chi connectivity index (χ2n) is 2.51. The number of ether oxygens (including phenoxy) is 1. The normalized spacial score (nSPS) is 28.8. The van der Waals surface area contributed by atoms with Gasteiger partial charge in [-0.15, -0.1) is 0 Å². The summed E-state index contributed by atoms with van der Waals surface area (Å²) < 4.78 is 9.33. The van der Waals surface area contributed by atoms with Gasteiger partial charge < -0.3 is 0 Å². The maximum absolute atomic E-state index is 5.65. The summed E-state index contributed by atoms with van der Waals surface area (Å²) in [6, 6.07) is 8.52. The molecule has 0 radical (unpaired) electrons. The molecule has 1 aromatic carbocycles. The van der Waals surface area contributed by atoms with Gasteiger partial charge in [0.25, 0.3) is 0 Å². The summed E-state index contributed by atoms with van der Waals surface area (Å²) in [5, 5.41) is 0. The molecular formula is C8H7IO. The molecule has 1 nitrogen and oxygen atoms in total. The van der Waals surface area contributed by atoms with Crippen molar-refractivity contribution in [3.05, 3.63) is 27.8 Å². The molecule has 0 N–H and O–H groups in total. The molecule has 52 valence electrons. The number of alkyl halides is 2. The van der Waals surface area contributed by atoms with Crippen LogP contribution in [0.5, 0.6) is 5.75 Å². The first kappa shape index (κ1) is 5.41. The summed E-state index contributed by atoms with van der Waals surface area (Å²) in [6.07, 6.45) is 0. The standard InChI is InChI=1S/C8H7IO/c1-2-4-7-6(3-1)9-5-8(9)10-7/h1-4,8H,5H2. The maximum atomic E-state index is 5.65. The number of rotatable bonds is 0. The van der Waals surface area contributed by atoms with Crippen LogP contribution in [0.15, 0.2) is 24.3 Å². The third-order valence-corrected chi connectivity index (χ3v) is 7.21. The van der Waals surface area contributed by atoms with E-state index in [4.69, 9.17) is 4.74 Å². The first-order valence-electron chi connectivity index (χ1n) is 3.35. The second kappa shape index (κ2) is 1.67. The van der Waals surface area contributed by atoms with Gasteiger partial charge in [0.15, 0.2) is 0 Å². The van der Waals surface area contributed by atoms with Crippen LogP contribution in [0.3, 0.4) is 0 Å². The van der Waals surface area contributed by atoms with E-state index in [2.05, 4.69) is 24.3 Å². The van der Waals surface area contributed by atoms with Crippen LogP contribution in [-0.2, 0) is 0 Å².